The summed E-state index contributed by atoms with van der Waals surface area (Å²) < 4.78 is 39.7. The Kier molecular flexibility index (Phi) is 6.71. The Morgan fingerprint density at radius 2 is 1.73 bits per heavy atom. The Morgan fingerprint density at radius 3 is 2.36 bits per heavy atom. The number of hydrogen-bond acceptors (Lipinski definition) is 6. The molecule has 1 aliphatic rings. The highest BCUT2D eigenvalue weighted by Gasteiger charge is 2.26. The summed E-state index contributed by atoms with van der Waals surface area (Å²) >= 11 is 0. The Morgan fingerprint density at radius 1 is 1.06 bits per heavy atom. The van der Waals surface area contributed by atoms with Crippen molar-refractivity contribution < 1.29 is 27.8 Å². The van der Waals surface area contributed by atoms with E-state index in [-0.39, 0.29) is 17.7 Å². The van der Waals surface area contributed by atoms with Crippen LogP contribution in [0.15, 0.2) is 42.7 Å². The van der Waals surface area contributed by atoms with Crippen molar-refractivity contribution in [3.63, 3.8) is 0 Å². The average molecular weight is 458 g/mol. The number of halogens is 2. The number of ether oxygens (including phenoxy) is 3. The van der Waals surface area contributed by atoms with Gasteiger partial charge in [0.2, 0.25) is 0 Å². The Balaban J connectivity index is 1.41. The van der Waals surface area contributed by atoms with Crippen LogP contribution in [0.1, 0.15) is 24.5 Å². The Labute approximate surface area is 189 Å². The highest BCUT2D eigenvalue weighted by molar-refractivity contribution is 5.89. The van der Waals surface area contributed by atoms with Crippen LogP contribution in [0.25, 0.3) is 10.9 Å². The van der Waals surface area contributed by atoms with Gasteiger partial charge in [-0.2, -0.15) is 8.78 Å². The van der Waals surface area contributed by atoms with Gasteiger partial charge in [0.05, 0.1) is 25.4 Å². The number of aromatic nitrogens is 2. The maximum absolute atomic E-state index is 12.6. The minimum Gasteiger partial charge on any atom is -0.493 e. The summed E-state index contributed by atoms with van der Waals surface area (Å²) in [5, 5.41) is 3.70. The molecule has 10 heteroatoms. The van der Waals surface area contributed by atoms with Gasteiger partial charge in [-0.3, -0.25) is 0 Å². The van der Waals surface area contributed by atoms with Crippen LogP contribution in [0.2, 0.25) is 0 Å². The van der Waals surface area contributed by atoms with Crippen LogP contribution in [-0.4, -0.2) is 54.8 Å². The fourth-order valence-corrected chi connectivity index (χ4v) is 4.01. The third-order valence-corrected chi connectivity index (χ3v) is 5.67. The van der Waals surface area contributed by atoms with Gasteiger partial charge in [-0.25, -0.2) is 14.8 Å². The number of piperidine rings is 1. The van der Waals surface area contributed by atoms with Crippen LogP contribution in [0.3, 0.4) is 0 Å². The van der Waals surface area contributed by atoms with Crippen molar-refractivity contribution in [3.05, 3.63) is 48.4 Å². The first-order chi connectivity index (χ1) is 16.0. The molecule has 1 fully saturated rings. The van der Waals surface area contributed by atoms with Crippen LogP contribution < -0.4 is 19.5 Å². The van der Waals surface area contributed by atoms with Crippen molar-refractivity contribution in [2.45, 2.75) is 25.4 Å². The monoisotopic (exact) mass is 458 g/mol. The molecule has 1 aromatic heterocycles. The summed E-state index contributed by atoms with van der Waals surface area (Å²) in [5.74, 6) is 1.43. The molecule has 0 saturated carbocycles. The van der Waals surface area contributed by atoms with E-state index in [1.165, 1.54) is 24.3 Å². The predicted octanol–water partition coefficient (Wildman–Crippen LogP) is 4.66. The minimum atomic E-state index is -2.89. The molecule has 174 valence electrons. The highest BCUT2D eigenvalue weighted by atomic mass is 19.3. The van der Waals surface area contributed by atoms with Crippen molar-refractivity contribution in [2.24, 2.45) is 0 Å². The van der Waals surface area contributed by atoms with Gasteiger partial charge < -0.3 is 24.4 Å². The number of anilines is 1. The molecule has 1 aliphatic heterocycles. The van der Waals surface area contributed by atoms with E-state index >= 15 is 0 Å². The quantitative estimate of drug-likeness (QED) is 0.578. The van der Waals surface area contributed by atoms with E-state index in [9.17, 15) is 13.6 Å². The second kappa shape index (κ2) is 9.85. The molecule has 8 nitrogen and oxygen atoms in total. The maximum atomic E-state index is 12.6. The summed E-state index contributed by atoms with van der Waals surface area (Å²) in [5.41, 5.74) is 2.21. The number of carbonyl (C=O) groups is 1. The first-order valence-electron chi connectivity index (χ1n) is 10.5. The van der Waals surface area contributed by atoms with Crippen molar-refractivity contribution >= 4 is 22.6 Å². The molecule has 0 bridgehead atoms. The zero-order valence-corrected chi connectivity index (χ0v) is 18.3. The standard InChI is InChI=1S/C23H24F2N4O4/c1-31-19-11-17-18(12-20(19)32-2)26-13-27-21(17)14-7-9-29(10-8-14)23(30)28-15-3-5-16(6-4-15)33-22(24)25/h3-6,11-14,22H,7-10H2,1-2H3,(H,28,30). The summed E-state index contributed by atoms with van der Waals surface area (Å²) in [6.45, 7) is -1.77. The molecule has 2 amide bonds. The first-order valence-corrected chi connectivity index (χ1v) is 10.5. The number of nitrogens with zero attached hydrogens (tertiary/aromatic N) is 3. The van der Waals surface area contributed by atoms with E-state index in [1.54, 1.807) is 25.4 Å². The number of fused-ring (bicyclic) bond motifs is 1. The third-order valence-electron chi connectivity index (χ3n) is 5.67. The second-order valence-corrected chi connectivity index (χ2v) is 7.58. The summed E-state index contributed by atoms with van der Waals surface area (Å²) in [7, 11) is 3.17. The second-order valence-electron chi connectivity index (χ2n) is 7.58. The van der Waals surface area contributed by atoms with E-state index < -0.39 is 6.61 Å². The number of carbonyl (C=O) groups excluding carboxylic acids is 1. The number of likely N-dealkylation sites (tertiary alicyclic amines) is 1. The van der Waals surface area contributed by atoms with Gasteiger partial charge >= 0.3 is 12.6 Å². The lowest BCUT2D eigenvalue weighted by Crippen LogP contribution is -2.40. The van der Waals surface area contributed by atoms with Crippen molar-refractivity contribution in [1.29, 1.82) is 0 Å². The third kappa shape index (κ3) is 5.05. The van der Waals surface area contributed by atoms with E-state index in [4.69, 9.17) is 9.47 Å². The number of benzene rings is 2. The largest absolute Gasteiger partial charge is 0.493 e. The van der Waals surface area contributed by atoms with E-state index in [0.717, 1.165) is 29.4 Å². The molecule has 1 saturated heterocycles. The fourth-order valence-electron chi connectivity index (χ4n) is 4.01. The van der Waals surface area contributed by atoms with Gasteiger partial charge in [-0.1, -0.05) is 0 Å². The van der Waals surface area contributed by atoms with Gasteiger partial charge in [0, 0.05) is 36.1 Å². The topological polar surface area (TPSA) is 85.8 Å². The Hall–Kier alpha value is -3.69. The Bertz CT molecular complexity index is 1120. The zero-order valence-electron chi connectivity index (χ0n) is 18.3. The lowest BCUT2D eigenvalue weighted by Gasteiger charge is -2.32. The molecule has 0 aliphatic carbocycles. The molecule has 0 radical (unpaired) electrons. The molecule has 2 heterocycles. The van der Waals surface area contributed by atoms with E-state index in [1.807, 2.05) is 12.1 Å². The number of hydrogen-bond donors (Lipinski definition) is 1. The van der Waals surface area contributed by atoms with E-state index in [2.05, 4.69) is 20.0 Å². The smallest absolute Gasteiger partial charge is 0.387 e. The molecule has 0 spiro atoms. The SMILES string of the molecule is COc1cc2ncnc(C3CCN(C(=O)Nc4ccc(OC(F)F)cc4)CC3)c2cc1OC. The average Bonchev–Trinajstić information content (AvgIpc) is 2.83. The highest BCUT2D eigenvalue weighted by Crippen LogP contribution is 2.36. The first kappa shape index (κ1) is 22.5. The lowest BCUT2D eigenvalue weighted by atomic mass is 9.91. The van der Waals surface area contributed by atoms with Crippen LogP contribution in [0.4, 0.5) is 19.3 Å². The van der Waals surface area contributed by atoms with Crippen LogP contribution in [-0.2, 0) is 0 Å². The fraction of sp³-hybridized carbons (Fsp3) is 0.348. The summed E-state index contributed by atoms with van der Waals surface area (Å²) in [6.07, 6.45) is 3.04. The van der Waals surface area contributed by atoms with E-state index in [0.29, 0.717) is 30.3 Å². The molecule has 3 aromatic rings. The molecule has 4 rings (SSSR count). The van der Waals surface area contributed by atoms with Gasteiger partial charge in [0.15, 0.2) is 11.5 Å². The number of amides is 2. The van der Waals surface area contributed by atoms with Gasteiger partial charge in [0.1, 0.15) is 12.1 Å². The molecular formula is C23H24F2N4O4. The molecule has 33 heavy (non-hydrogen) atoms. The lowest BCUT2D eigenvalue weighted by molar-refractivity contribution is -0.0498. The van der Waals surface area contributed by atoms with Crippen molar-refractivity contribution in [3.8, 4) is 17.2 Å². The van der Waals surface area contributed by atoms with Crippen LogP contribution in [0, 0.1) is 0 Å². The van der Waals surface area contributed by atoms with Gasteiger partial charge in [-0.15, -0.1) is 0 Å². The number of rotatable bonds is 6. The van der Waals surface area contributed by atoms with Crippen LogP contribution in [0.5, 0.6) is 17.2 Å². The van der Waals surface area contributed by atoms with Gasteiger partial charge in [0.25, 0.3) is 0 Å². The molecule has 0 atom stereocenters. The van der Waals surface area contributed by atoms with Crippen LogP contribution >= 0.6 is 0 Å². The molecule has 0 unspecified atom stereocenters. The van der Waals surface area contributed by atoms with Crippen molar-refractivity contribution in [2.75, 3.05) is 32.6 Å². The van der Waals surface area contributed by atoms with Crippen molar-refractivity contribution in [1.82, 2.24) is 14.9 Å². The molecular weight excluding hydrogens is 434 g/mol. The predicted molar refractivity (Wildman–Crippen MR) is 118 cm³/mol. The molecule has 2 aromatic carbocycles. The minimum absolute atomic E-state index is 0.0372. The number of urea groups is 1. The van der Waals surface area contributed by atoms with Gasteiger partial charge in [-0.05, 0) is 43.2 Å². The maximum Gasteiger partial charge on any atom is 0.387 e. The number of methoxy groups -OCH3 is 2. The number of nitrogens with one attached hydrogen (secondary N) is 1. The number of alkyl halides is 2. The summed E-state index contributed by atoms with van der Waals surface area (Å²) in [6, 6.07) is 9.31. The normalized spacial score (nSPS) is 14.4. The summed E-state index contributed by atoms with van der Waals surface area (Å²) in [4.78, 5) is 23.3. The molecule has 1 N–H and O–H groups in total. The zero-order chi connectivity index (χ0) is 23.4.